The van der Waals surface area contributed by atoms with Gasteiger partial charge in [-0.15, -0.1) is 0 Å². The summed E-state index contributed by atoms with van der Waals surface area (Å²) in [6.45, 7) is 1.97. The van der Waals surface area contributed by atoms with E-state index in [0.29, 0.717) is 19.0 Å². The van der Waals surface area contributed by atoms with Gasteiger partial charge in [0.2, 0.25) is 10.0 Å². The molecule has 0 aromatic heterocycles. The molecule has 0 aromatic rings. The summed E-state index contributed by atoms with van der Waals surface area (Å²) in [7, 11) is -1.33. The predicted molar refractivity (Wildman–Crippen MR) is 90.4 cm³/mol. The van der Waals surface area contributed by atoms with Gasteiger partial charge in [0.05, 0.1) is 18.2 Å². The molecule has 0 amide bonds. The first-order chi connectivity index (χ1) is 10.9. The molecule has 1 aliphatic carbocycles. The zero-order chi connectivity index (χ0) is 16.9. The van der Waals surface area contributed by atoms with Gasteiger partial charge < -0.3 is 10.6 Å². The molecule has 1 heterocycles. The second-order valence-corrected chi connectivity index (χ2v) is 8.46. The van der Waals surface area contributed by atoms with Gasteiger partial charge in [-0.1, -0.05) is 0 Å². The maximum Gasteiger partial charge on any atom is 0.211 e. The second-order valence-electron chi connectivity index (χ2n) is 6.48. The number of nitrogens with zero attached hydrogens (tertiary/aromatic N) is 3. The lowest BCUT2D eigenvalue weighted by molar-refractivity contribution is 0.274. The molecule has 2 rings (SSSR count). The largest absolute Gasteiger partial charge is 0.356 e. The fraction of sp³-hybridized carbons (Fsp3) is 0.867. The van der Waals surface area contributed by atoms with Crippen LogP contribution in [-0.2, 0) is 10.0 Å². The number of rotatable bonds is 4. The van der Waals surface area contributed by atoms with Gasteiger partial charge in [0, 0.05) is 32.7 Å². The van der Waals surface area contributed by atoms with E-state index in [-0.39, 0.29) is 12.0 Å². The molecule has 23 heavy (non-hydrogen) atoms. The fourth-order valence-corrected chi connectivity index (χ4v) is 4.22. The third kappa shape index (κ3) is 5.08. The second kappa shape index (κ2) is 7.97. The lowest BCUT2D eigenvalue weighted by atomic mass is 9.98. The number of sulfonamides is 1. The normalized spacial score (nSPS) is 27.6. The van der Waals surface area contributed by atoms with Crippen molar-refractivity contribution >= 4 is 16.0 Å². The van der Waals surface area contributed by atoms with Crippen LogP contribution in [0.25, 0.3) is 0 Å². The summed E-state index contributed by atoms with van der Waals surface area (Å²) in [5.41, 5.74) is 0. The van der Waals surface area contributed by atoms with E-state index in [1.165, 1.54) is 6.26 Å². The topological polar surface area (TPSA) is 97.6 Å². The molecule has 130 valence electrons. The van der Waals surface area contributed by atoms with Gasteiger partial charge in [0.15, 0.2) is 5.96 Å². The molecule has 0 spiro atoms. The Hall–Kier alpha value is -1.33. The summed E-state index contributed by atoms with van der Waals surface area (Å²) in [6, 6.07) is 2.54. The van der Waals surface area contributed by atoms with E-state index >= 15 is 0 Å². The molecule has 1 saturated carbocycles. The first-order valence-corrected chi connectivity index (χ1v) is 10.1. The minimum absolute atomic E-state index is 0.0616. The number of piperidine rings is 1. The average Bonchev–Trinajstić information content (AvgIpc) is 2.98. The lowest BCUT2D eigenvalue weighted by Crippen LogP contribution is -2.47. The Kier molecular flexibility index (Phi) is 6.25. The first-order valence-electron chi connectivity index (χ1n) is 8.26. The summed E-state index contributed by atoms with van der Waals surface area (Å²) in [6.07, 6.45) is 6.03. The van der Waals surface area contributed by atoms with Crippen molar-refractivity contribution in [3.8, 4) is 6.07 Å². The summed E-state index contributed by atoms with van der Waals surface area (Å²) in [5, 5.41) is 15.8. The zero-order valence-electron chi connectivity index (χ0n) is 14.0. The van der Waals surface area contributed by atoms with Crippen molar-refractivity contribution in [1.82, 2.24) is 14.9 Å². The average molecular weight is 341 g/mol. The van der Waals surface area contributed by atoms with Crippen molar-refractivity contribution in [2.24, 2.45) is 16.8 Å². The number of nitriles is 1. The van der Waals surface area contributed by atoms with Gasteiger partial charge in [-0.25, -0.2) is 12.7 Å². The Balaban J connectivity index is 1.76. The minimum atomic E-state index is -3.06. The van der Waals surface area contributed by atoms with Gasteiger partial charge in [0.1, 0.15) is 0 Å². The SMILES string of the molecule is CN=C(NCC1CCN(S(C)(=O)=O)CC1)NC1CCCC1C#N. The number of aliphatic imine (C=N–C) groups is 1. The quantitative estimate of drug-likeness (QED) is 0.574. The van der Waals surface area contributed by atoms with Crippen LogP contribution in [0.1, 0.15) is 32.1 Å². The van der Waals surface area contributed by atoms with Crippen molar-refractivity contribution < 1.29 is 8.42 Å². The van der Waals surface area contributed by atoms with Gasteiger partial charge in [-0.2, -0.15) is 5.26 Å². The molecule has 0 bridgehead atoms. The molecule has 2 atom stereocenters. The van der Waals surface area contributed by atoms with E-state index in [1.54, 1.807) is 11.4 Å². The Morgan fingerprint density at radius 3 is 2.57 bits per heavy atom. The monoisotopic (exact) mass is 341 g/mol. The third-order valence-electron chi connectivity index (χ3n) is 4.83. The highest BCUT2D eigenvalue weighted by Crippen LogP contribution is 2.24. The highest BCUT2D eigenvalue weighted by molar-refractivity contribution is 7.88. The van der Waals surface area contributed by atoms with E-state index < -0.39 is 10.0 Å². The van der Waals surface area contributed by atoms with Gasteiger partial charge >= 0.3 is 0 Å². The van der Waals surface area contributed by atoms with E-state index in [2.05, 4.69) is 21.7 Å². The maximum absolute atomic E-state index is 11.5. The maximum atomic E-state index is 11.5. The van der Waals surface area contributed by atoms with Gasteiger partial charge in [0.25, 0.3) is 0 Å². The predicted octanol–water partition coefficient (Wildman–Crippen LogP) is 0.515. The van der Waals surface area contributed by atoms with Crippen molar-refractivity contribution in [3.05, 3.63) is 0 Å². The highest BCUT2D eigenvalue weighted by atomic mass is 32.2. The summed E-state index contributed by atoms with van der Waals surface area (Å²) in [5.74, 6) is 1.25. The van der Waals surface area contributed by atoms with Crippen LogP contribution in [0.15, 0.2) is 4.99 Å². The van der Waals surface area contributed by atoms with Crippen molar-refractivity contribution in [1.29, 1.82) is 5.26 Å². The molecule has 2 N–H and O–H groups in total. The number of hydrogen-bond acceptors (Lipinski definition) is 4. The molecule has 8 heteroatoms. The minimum Gasteiger partial charge on any atom is -0.356 e. The third-order valence-corrected chi connectivity index (χ3v) is 6.13. The van der Waals surface area contributed by atoms with Crippen LogP contribution in [0.4, 0.5) is 0 Å². The van der Waals surface area contributed by atoms with Crippen molar-refractivity contribution in [2.75, 3.05) is 32.9 Å². The number of nitrogens with one attached hydrogen (secondary N) is 2. The molecule has 1 aliphatic heterocycles. The van der Waals surface area contributed by atoms with E-state index in [1.807, 2.05) is 0 Å². The summed E-state index contributed by atoms with van der Waals surface area (Å²) >= 11 is 0. The van der Waals surface area contributed by atoms with E-state index in [4.69, 9.17) is 5.26 Å². The van der Waals surface area contributed by atoms with E-state index in [9.17, 15) is 8.42 Å². The van der Waals surface area contributed by atoms with Gasteiger partial charge in [-0.3, -0.25) is 4.99 Å². The zero-order valence-corrected chi connectivity index (χ0v) is 14.8. The first kappa shape index (κ1) is 18.0. The molecule has 2 unspecified atom stereocenters. The smallest absolute Gasteiger partial charge is 0.211 e. The molecular formula is C15H27N5O2S. The van der Waals surface area contributed by atoms with Gasteiger partial charge in [-0.05, 0) is 38.0 Å². The van der Waals surface area contributed by atoms with Crippen LogP contribution in [-0.4, -0.2) is 57.7 Å². The molecule has 0 radical (unpaired) electrons. The standard InChI is InChI=1S/C15H27N5O2S/c1-17-15(19-14-5-3-4-13(14)10-16)18-11-12-6-8-20(9-7-12)23(2,21)22/h12-14H,3-9,11H2,1-2H3,(H2,17,18,19). The molecule has 2 aliphatic rings. The summed E-state index contributed by atoms with van der Waals surface area (Å²) < 4.78 is 24.6. The van der Waals surface area contributed by atoms with Crippen LogP contribution < -0.4 is 10.6 Å². The Bertz CT molecular complexity index is 561. The van der Waals surface area contributed by atoms with Crippen molar-refractivity contribution in [3.63, 3.8) is 0 Å². The molecule has 1 saturated heterocycles. The Labute approximate surface area is 139 Å². The molecular weight excluding hydrogens is 314 g/mol. The van der Waals surface area contributed by atoms with Crippen LogP contribution in [0, 0.1) is 23.2 Å². The van der Waals surface area contributed by atoms with Crippen LogP contribution in [0.5, 0.6) is 0 Å². The molecule has 0 aromatic carbocycles. The Morgan fingerprint density at radius 2 is 2.00 bits per heavy atom. The number of hydrogen-bond donors (Lipinski definition) is 2. The number of guanidine groups is 1. The highest BCUT2D eigenvalue weighted by Gasteiger charge is 2.28. The summed E-state index contributed by atoms with van der Waals surface area (Å²) in [4.78, 5) is 4.24. The Morgan fingerprint density at radius 1 is 1.30 bits per heavy atom. The van der Waals surface area contributed by atoms with Crippen molar-refractivity contribution in [2.45, 2.75) is 38.1 Å². The molecule has 7 nitrogen and oxygen atoms in total. The van der Waals surface area contributed by atoms with Crippen LogP contribution in [0.2, 0.25) is 0 Å². The van der Waals surface area contributed by atoms with E-state index in [0.717, 1.165) is 44.6 Å². The van der Waals surface area contributed by atoms with Crippen LogP contribution in [0.3, 0.4) is 0 Å². The lowest BCUT2D eigenvalue weighted by Gasteiger charge is -2.30. The fourth-order valence-electron chi connectivity index (χ4n) is 3.34. The van der Waals surface area contributed by atoms with Crippen LogP contribution >= 0.6 is 0 Å². The molecule has 2 fully saturated rings.